The predicted octanol–water partition coefficient (Wildman–Crippen LogP) is 1.40. The van der Waals surface area contributed by atoms with E-state index in [0.29, 0.717) is 12.3 Å². The van der Waals surface area contributed by atoms with Crippen LogP contribution in [0.3, 0.4) is 0 Å². The molecular weight excluding hydrogens is 322 g/mol. The summed E-state index contributed by atoms with van der Waals surface area (Å²) in [5.74, 6) is 0.800. The molecule has 0 radical (unpaired) electrons. The third kappa shape index (κ3) is 4.79. The maximum Gasteiger partial charge on any atom is 0.227 e. The Morgan fingerprint density at radius 2 is 2.25 bits per heavy atom. The Hall–Kier alpha value is -0.950. The minimum Gasteiger partial charge on any atom is -0.375 e. The number of carbonyl (C=O) groups excluding carboxylic acids is 1. The first kappa shape index (κ1) is 17.9. The van der Waals surface area contributed by atoms with E-state index in [1.165, 1.54) is 0 Å². The fourth-order valence-corrected chi connectivity index (χ4v) is 4.26. The van der Waals surface area contributed by atoms with Crippen LogP contribution in [0.4, 0.5) is 0 Å². The Morgan fingerprint density at radius 1 is 1.38 bits per heavy atom. The van der Waals surface area contributed by atoms with Gasteiger partial charge in [-0.25, -0.2) is 0 Å². The summed E-state index contributed by atoms with van der Waals surface area (Å²) in [7, 11) is 4.24. The lowest BCUT2D eigenvalue weighted by Gasteiger charge is -2.38. The normalized spacial score (nSPS) is 25.5. The highest BCUT2D eigenvalue weighted by Crippen LogP contribution is 2.25. The van der Waals surface area contributed by atoms with E-state index in [-0.39, 0.29) is 12.0 Å². The summed E-state index contributed by atoms with van der Waals surface area (Å²) in [5, 5.41) is 2.03. The molecule has 0 saturated carbocycles. The topological polar surface area (TPSA) is 36.0 Å². The first-order valence-electron chi connectivity index (χ1n) is 8.90. The number of amides is 1. The smallest absolute Gasteiger partial charge is 0.227 e. The van der Waals surface area contributed by atoms with Gasteiger partial charge >= 0.3 is 0 Å². The fraction of sp³-hybridized carbons (Fsp3) is 0.722. The van der Waals surface area contributed by atoms with Gasteiger partial charge < -0.3 is 14.5 Å². The summed E-state index contributed by atoms with van der Waals surface area (Å²) >= 11 is 1.66. The van der Waals surface area contributed by atoms with Crippen molar-refractivity contribution < 1.29 is 9.53 Å². The van der Waals surface area contributed by atoms with E-state index in [9.17, 15) is 4.79 Å². The van der Waals surface area contributed by atoms with Crippen molar-refractivity contribution >= 4 is 17.2 Å². The van der Waals surface area contributed by atoms with Crippen molar-refractivity contribution in [2.24, 2.45) is 5.92 Å². The van der Waals surface area contributed by atoms with Crippen LogP contribution >= 0.6 is 11.3 Å². The average molecular weight is 352 g/mol. The maximum atomic E-state index is 12.5. The van der Waals surface area contributed by atoms with E-state index < -0.39 is 0 Å². The Labute approximate surface area is 149 Å². The van der Waals surface area contributed by atoms with Crippen LogP contribution in [0.15, 0.2) is 17.5 Å². The molecule has 2 aliphatic heterocycles. The van der Waals surface area contributed by atoms with Gasteiger partial charge in [0.2, 0.25) is 5.91 Å². The fourth-order valence-electron chi connectivity index (χ4n) is 3.56. The highest BCUT2D eigenvalue weighted by molar-refractivity contribution is 7.10. The van der Waals surface area contributed by atoms with Gasteiger partial charge in [-0.05, 0) is 32.0 Å². The standard InChI is InChI=1S/C18H29N3O2S/c1-19(2)7-8-20-9-10-23-17-14-21(6-5-15(17)13-20)18(22)12-16-4-3-11-24-16/h3-4,11,15,17H,5-10,12-14H2,1-2H3/t15-,17-/m0/s1. The van der Waals surface area contributed by atoms with Crippen LogP contribution in [0.2, 0.25) is 0 Å². The SMILES string of the molecule is CN(C)CCN1CCO[C@H]2CN(C(=O)Cc3cccs3)CC[C@H]2C1. The molecule has 0 aromatic carbocycles. The zero-order chi connectivity index (χ0) is 16.9. The Balaban J connectivity index is 1.51. The van der Waals surface area contributed by atoms with Crippen molar-refractivity contribution in [3.05, 3.63) is 22.4 Å². The molecule has 0 N–H and O–H groups in total. The maximum absolute atomic E-state index is 12.5. The molecule has 0 aliphatic carbocycles. The molecule has 0 unspecified atom stereocenters. The van der Waals surface area contributed by atoms with Gasteiger partial charge in [0.25, 0.3) is 0 Å². The van der Waals surface area contributed by atoms with Crippen LogP contribution in [-0.2, 0) is 16.0 Å². The van der Waals surface area contributed by atoms with Crippen LogP contribution in [0.25, 0.3) is 0 Å². The molecule has 0 bridgehead atoms. The van der Waals surface area contributed by atoms with Crippen LogP contribution in [0, 0.1) is 5.92 Å². The molecule has 24 heavy (non-hydrogen) atoms. The van der Waals surface area contributed by atoms with Crippen molar-refractivity contribution in [2.45, 2.75) is 18.9 Å². The molecule has 1 aromatic heterocycles. The summed E-state index contributed by atoms with van der Waals surface area (Å²) in [4.78, 5) is 20.4. The Bertz CT molecular complexity index is 520. The average Bonchev–Trinajstić information content (AvgIpc) is 2.97. The number of likely N-dealkylation sites (tertiary alicyclic amines) is 1. The number of hydrogen-bond acceptors (Lipinski definition) is 5. The number of nitrogens with zero attached hydrogens (tertiary/aromatic N) is 3. The molecule has 2 atom stereocenters. The molecule has 1 amide bonds. The van der Waals surface area contributed by atoms with E-state index >= 15 is 0 Å². The highest BCUT2D eigenvalue weighted by atomic mass is 32.1. The van der Waals surface area contributed by atoms with Crippen molar-refractivity contribution in [3.63, 3.8) is 0 Å². The first-order valence-corrected chi connectivity index (χ1v) is 9.78. The minimum absolute atomic E-state index is 0.204. The largest absolute Gasteiger partial charge is 0.375 e. The van der Waals surface area contributed by atoms with Gasteiger partial charge in [0.1, 0.15) is 0 Å². The van der Waals surface area contributed by atoms with Gasteiger partial charge in [0, 0.05) is 50.1 Å². The molecule has 0 spiro atoms. The summed E-state index contributed by atoms with van der Waals surface area (Å²) < 4.78 is 6.11. The van der Waals surface area contributed by atoms with Gasteiger partial charge in [-0.15, -0.1) is 11.3 Å². The van der Waals surface area contributed by atoms with E-state index in [2.05, 4.69) is 23.9 Å². The molecule has 1 aromatic rings. The summed E-state index contributed by atoms with van der Waals surface area (Å²) in [6, 6.07) is 4.05. The highest BCUT2D eigenvalue weighted by Gasteiger charge is 2.34. The van der Waals surface area contributed by atoms with Crippen molar-refractivity contribution in [3.8, 4) is 0 Å². The number of likely N-dealkylation sites (N-methyl/N-ethyl adjacent to an activating group) is 1. The van der Waals surface area contributed by atoms with Crippen LogP contribution in [0.1, 0.15) is 11.3 Å². The zero-order valence-electron chi connectivity index (χ0n) is 14.8. The second-order valence-electron chi connectivity index (χ2n) is 7.16. The van der Waals surface area contributed by atoms with Crippen LogP contribution < -0.4 is 0 Å². The molecule has 3 rings (SSSR count). The van der Waals surface area contributed by atoms with Crippen LogP contribution in [-0.4, -0.2) is 86.7 Å². The van der Waals surface area contributed by atoms with Crippen LogP contribution in [0.5, 0.6) is 0 Å². The lowest BCUT2D eigenvalue weighted by Crippen LogP contribution is -2.49. The molecule has 134 valence electrons. The van der Waals surface area contributed by atoms with Gasteiger partial charge in [-0.1, -0.05) is 6.07 Å². The van der Waals surface area contributed by atoms with E-state index in [0.717, 1.165) is 57.2 Å². The second kappa shape index (κ2) is 8.43. The van der Waals surface area contributed by atoms with Gasteiger partial charge in [0.05, 0.1) is 19.1 Å². The van der Waals surface area contributed by atoms with Gasteiger partial charge in [0.15, 0.2) is 0 Å². The molecule has 5 nitrogen and oxygen atoms in total. The summed E-state index contributed by atoms with van der Waals surface area (Å²) in [6.07, 6.45) is 1.79. The number of rotatable bonds is 5. The van der Waals surface area contributed by atoms with E-state index in [1.54, 1.807) is 11.3 Å². The van der Waals surface area contributed by atoms with E-state index in [1.807, 2.05) is 22.4 Å². The summed E-state index contributed by atoms with van der Waals surface area (Å²) in [5.41, 5.74) is 0. The lowest BCUT2D eigenvalue weighted by atomic mass is 9.93. The monoisotopic (exact) mass is 351 g/mol. The molecule has 3 heterocycles. The Morgan fingerprint density at radius 3 is 3.00 bits per heavy atom. The van der Waals surface area contributed by atoms with Crippen molar-refractivity contribution in [1.82, 2.24) is 14.7 Å². The minimum atomic E-state index is 0.204. The first-order chi connectivity index (χ1) is 11.6. The third-order valence-corrected chi connectivity index (χ3v) is 5.93. The quantitative estimate of drug-likeness (QED) is 0.803. The molecule has 6 heteroatoms. The third-order valence-electron chi connectivity index (χ3n) is 5.05. The Kier molecular flexibility index (Phi) is 6.27. The number of piperidine rings is 1. The summed E-state index contributed by atoms with van der Waals surface area (Å²) in [6.45, 7) is 6.70. The predicted molar refractivity (Wildman–Crippen MR) is 97.4 cm³/mol. The number of fused-ring (bicyclic) bond motifs is 1. The number of carbonyl (C=O) groups is 1. The van der Waals surface area contributed by atoms with E-state index in [4.69, 9.17) is 4.74 Å². The number of ether oxygens (including phenoxy) is 1. The number of hydrogen-bond donors (Lipinski definition) is 0. The van der Waals surface area contributed by atoms with Gasteiger partial charge in [-0.3, -0.25) is 9.69 Å². The molecule has 2 saturated heterocycles. The second-order valence-corrected chi connectivity index (χ2v) is 8.19. The number of thiophene rings is 1. The van der Waals surface area contributed by atoms with Gasteiger partial charge in [-0.2, -0.15) is 0 Å². The zero-order valence-corrected chi connectivity index (χ0v) is 15.6. The molecule has 2 fully saturated rings. The lowest BCUT2D eigenvalue weighted by molar-refractivity contribution is -0.136. The molecular formula is C18H29N3O2S. The van der Waals surface area contributed by atoms with Crippen molar-refractivity contribution in [1.29, 1.82) is 0 Å². The van der Waals surface area contributed by atoms with Crippen molar-refractivity contribution in [2.75, 3.05) is 60.0 Å². The molecule has 2 aliphatic rings.